The Morgan fingerprint density at radius 2 is 1.74 bits per heavy atom. The number of quaternary nitrogens is 1. The molecule has 11 nitrogen and oxygen atoms in total. The lowest BCUT2D eigenvalue weighted by Crippen LogP contribution is -2.63. The van der Waals surface area contributed by atoms with Crippen molar-refractivity contribution in [1.29, 1.82) is 0 Å². The number of carbonyl (C=O) groups is 3. The van der Waals surface area contributed by atoms with Gasteiger partial charge >= 0.3 is 5.97 Å². The number of hydrogen-bond acceptors (Lipinski definition) is 7. The number of aromatic nitrogens is 4. The molecule has 5 N–H and O–H groups in total. The Balaban J connectivity index is 2.03. The van der Waals surface area contributed by atoms with Gasteiger partial charge in [-0.1, -0.05) is 64.4 Å². The number of ether oxygens (including phenoxy) is 1. The second-order valence-corrected chi connectivity index (χ2v) is 9.20. The number of tetrazole rings is 1. The van der Waals surface area contributed by atoms with Gasteiger partial charge in [-0.15, -0.1) is 5.10 Å². The van der Waals surface area contributed by atoms with Gasteiger partial charge in [0.2, 0.25) is 11.8 Å². The molecule has 4 atom stereocenters. The van der Waals surface area contributed by atoms with Crippen LogP contribution in [0.1, 0.15) is 45.5 Å². The average molecular weight is 489 g/mol. The van der Waals surface area contributed by atoms with Crippen molar-refractivity contribution in [2.75, 3.05) is 7.11 Å². The summed E-state index contributed by atoms with van der Waals surface area (Å²) in [6.07, 6.45) is 1.91. The number of methoxy groups -OCH3 is 1. The highest BCUT2D eigenvalue weighted by atomic mass is 16.5. The Hall–Kier alpha value is -3.34. The highest BCUT2D eigenvalue weighted by Gasteiger charge is 2.32. The van der Waals surface area contributed by atoms with Gasteiger partial charge in [0.1, 0.15) is 18.6 Å². The number of nitrogens with zero attached hydrogens (tertiary/aromatic N) is 4. The molecule has 0 spiro atoms. The molecule has 2 amide bonds. The lowest BCUT2D eigenvalue weighted by Gasteiger charge is -2.27. The highest BCUT2D eigenvalue weighted by molar-refractivity contribution is 5.91. The Bertz CT molecular complexity index is 964. The zero-order valence-electron chi connectivity index (χ0n) is 21.2. The van der Waals surface area contributed by atoms with Crippen molar-refractivity contribution >= 4 is 17.8 Å². The van der Waals surface area contributed by atoms with Crippen LogP contribution in [-0.4, -0.2) is 63.2 Å². The van der Waals surface area contributed by atoms with Crippen LogP contribution in [0.4, 0.5) is 0 Å². The van der Waals surface area contributed by atoms with Crippen LogP contribution in [0.2, 0.25) is 0 Å². The predicted molar refractivity (Wildman–Crippen MR) is 129 cm³/mol. The van der Waals surface area contributed by atoms with Gasteiger partial charge in [-0.2, -0.15) is 0 Å². The summed E-state index contributed by atoms with van der Waals surface area (Å²) >= 11 is 0. The van der Waals surface area contributed by atoms with E-state index in [0.29, 0.717) is 18.7 Å². The Kier molecular flexibility index (Phi) is 10.8. The Morgan fingerprint density at radius 1 is 1.06 bits per heavy atom. The molecule has 0 radical (unpaired) electrons. The van der Waals surface area contributed by atoms with Crippen LogP contribution in [0.15, 0.2) is 30.3 Å². The van der Waals surface area contributed by atoms with Crippen LogP contribution in [0.25, 0.3) is 0 Å². The number of nitrogens with one attached hydrogen (secondary N) is 2. The molecule has 0 saturated carbocycles. The van der Waals surface area contributed by atoms with E-state index in [1.807, 2.05) is 58.0 Å². The molecule has 1 aromatic carbocycles. The fourth-order valence-electron chi connectivity index (χ4n) is 3.69. The number of carbonyl (C=O) groups excluding carboxylic acids is 3. The van der Waals surface area contributed by atoms with Crippen molar-refractivity contribution < 1.29 is 24.9 Å². The van der Waals surface area contributed by atoms with Crippen LogP contribution in [0.3, 0.4) is 0 Å². The summed E-state index contributed by atoms with van der Waals surface area (Å²) in [5, 5.41) is 17.2. The van der Waals surface area contributed by atoms with Crippen LogP contribution in [0.5, 0.6) is 0 Å². The molecule has 35 heavy (non-hydrogen) atoms. The second-order valence-electron chi connectivity index (χ2n) is 9.20. The normalized spacial score (nSPS) is 14.6. The summed E-state index contributed by atoms with van der Waals surface area (Å²) in [6, 6.07) is 8.40. The maximum atomic E-state index is 13.0. The Morgan fingerprint density at radius 3 is 2.34 bits per heavy atom. The maximum absolute atomic E-state index is 13.0. The van der Waals surface area contributed by atoms with E-state index in [2.05, 4.69) is 31.9 Å². The molecule has 0 aliphatic rings. The number of benzene rings is 1. The van der Waals surface area contributed by atoms with Gasteiger partial charge in [-0.3, -0.25) is 9.59 Å². The van der Waals surface area contributed by atoms with E-state index in [4.69, 9.17) is 4.74 Å². The molecule has 192 valence electrons. The fraction of sp³-hybridized carbons (Fsp3) is 0.583. The van der Waals surface area contributed by atoms with Crippen LogP contribution in [0, 0.1) is 11.8 Å². The zero-order valence-corrected chi connectivity index (χ0v) is 21.2. The molecule has 1 heterocycles. The van der Waals surface area contributed by atoms with E-state index in [0.717, 1.165) is 6.42 Å². The van der Waals surface area contributed by atoms with Crippen LogP contribution >= 0.6 is 0 Å². The smallest absolute Gasteiger partial charge is 0.328 e. The minimum Gasteiger partial charge on any atom is -0.467 e. The molecule has 0 bridgehead atoms. The van der Waals surface area contributed by atoms with Gasteiger partial charge in [-0.05, 0) is 27.8 Å². The summed E-state index contributed by atoms with van der Waals surface area (Å²) in [4.78, 5) is 38.0. The number of esters is 1. The lowest BCUT2D eigenvalue weighted by molar-refractivity contribution is -0.419. The summed E-state index contributed by atoms with van der Waals surface area (Å²) in [5.41, 5.74) is 5.36. The number of hydrogen-bond donors (Lipinski definition) is 3. The summed E-state index contributed by atoms with van der Waals surface area (Å²) in [7, 11) is 1.28. The monoisotopic (exact) mass is 488 g/mol. The third-order valence-electron chi connectivity index (χ3n) is 5.97. The van der Waals surface area contributed by atoms with E-state index in [1.54, 1.807) is 0 Å². The Labute approximate surface area is 206 Å². The van der Waals surface area contributed by atoms with Crippen molar-refractivity contribution in [1.82, 2.24) is 30.8 Å². The van der Waals surface area contributed by atoms with E-state index in [-0.39, 0.29) is 24.4 Å². The predicted octanol–water partition coefficient (Wildman–Crippen LogP) is -0.0865. The van der Waals surface area contributed by atoms with Gasteiger partial charge in [0.25, 0.3) is 0 Å². The van der Waals surface area contributed by atoms with E-state index >= 15 is 0 Å². The first-order valence-electron chi connectivity index (χ1n) is 12.0. The second kappa shape index (κ2) is 13.5. The van der Waals surface area contributed by atoms with E-state index < -0.39 is 29.9 Å². The number of amides is 2. The maximum Gasteiger partial charge on any atom is 0.328 e. The van der Waals surface area contributed by atoms with Gasteiger partial charge in [0.05, 0.1) is 19.6 Å². The molecule has 11 heteroatoms. The van der Waals surface area contributed by atoms with Crippen LogP contribution < -0.4 is 16.4 Å². The van der Waals surface area contributed by atoms with Gasteiger partial charge in [0.15, 0.2) is 5.82 Å². The van der Waals surface area contributed by atoms with E-state index in [9.17, 15) is 14.4 Å². The first kappa shape index (κ1) is 27.9. The van der Waals surface area contributed by atoms with Gasteiger partial charge < -0.3 is 21.1 Å². The van der Waals surface area contributed by atoms with Crippen molar-refractivity contribution in [3.8, 4) is 0 Å². The molecule has 1 aromatic heterocycles. The van der Waals surface area contributed by atoms with Crippen molar-refractivity contribution in [3.05, 3.63) is 41.7 Å². The first-order chi connectivity index (χ1) is 16.7. The highest BCUT2D eigenvalue weighted by Crippen LogP contribution is 2.11. The van der Waals surface area contributed by atoms with Crippen molar-refractivity contribution in [2.45, 2.75) is 71.6 Å². The molecule has 0 unspecified atom stereocenters. The minimum atomic E-state index is -0.822. The van der Waals surface area contributed by atoms with Crippen LogP contribution in [-0.2, 0) is 38.5 Å². The molecule has 0 saturated heterocycles. The molecular formula is C24H38N7O4+. The van der Waals surface area contributed by atoms with Crippen molar-refractivity contribution in [3.63, 3.8) is 0 Å². The molecule has 0 aliphatic carbocycles. The third-order valence-corrected chi connectivity index (χ3v) is 5.97. The molecule has 0 fully saturated rings. The number of rotatable bonds is 13. The molecule has 2 rings (SSSR count). The van der Waals surface area contributed by atoms with Gasteiger partial charge in [-0.25, -0.2) is 9.48 Å². The quantitative estimate of drug-likeness (QED) is 0.333. The average Bonchev–Trinajstić information content (AvgIpc) is 3.26. The standard InChI is InChI=1S/C24H37N7O4/c1-6-16(4)22(23(33)27-21(15(2)3)24(34)35-5)26-20(32)14-31-19(28-29-30-31)13-18(25)12-17-10-8-7-9-11-17/h7-11,15-16,18,21-22H,6,12-14,25H2,1-5H3,(H,26,32)(H,27,33)/p+1/t16-,18-,21-,22-/m0/s1. The van der Waals surface area contributed by atoms with E-state index in [1.165, 1.54) is 17.4 Å². The fourth-order valence-corrected chi connectivity index (χ4v) is 3.69. The minimum absolute atomic E-state index is 0.0233. The molecule has 0 aliphatic heterocycles. The lowest BCUT2D eigenvalue weighted by atomic mass is 9.96. The third kappa shape index (κ3) is 8.43. The SMILES string of the molecule is CC[C@H](C)[C@H](NC(=O)Cn1nnnc1C[C@@H]([NH3+])Cc1ccccc1)C(=O)N[C@H](C(=O)OC)C(C)C. The molecular weight excluding hydrogens is 450 g/mol. The summed E-state index contributed by atoms with van der Waals surface area (Å²) in [5.74, 6) is -1.15. The first-order valence-corrected chi connectivity index (χ1v) is 12.0. The largest absolute Gasteiger partial charge is 0.467 e. The van der Waals surface area contributed by atoms with Gasteiger partial charge in [0, 0.05) is 6.42 Å². The molecule has 2 aromatic rings. The summed E-state index contributed by atoms with van der Waals surface area (Å²) in [6.45, 7) is 7.28. The zero-order chi connectivity index (χ0) is 26.0. The van der Waals surface area contributed by atoms with Crippen molar-refractivity contribution in [2.24, 2.45) is 11.8 Å². The summed E-state index contributed by atoms with van der Waals surface area (Å²) < 4.78 is 6.23. The topological polar surface area (TPSA) is 156 Å².